The second-order valence-electron chi connectivity index (χ2n) is 4.34. The van der Waals surface area contributed by atoms with Crippen molar-refractivity contribution < 1.29 is 0 Å². The predicted molar refractivity (Wildman–Crippen MR) is 73.3 cm³/mol. The molecule has 2 rings (SSSR count). The molecule has 0 amide bonds. The van der Waals surface area contributed by atoms with Crippen LogP contribution in [0.2, 0.25) is 0 Å². The minimum Gasteiger partial charge on any atom is -0.378 e. The maximum Gasteiger partial charge on any atom is 0.151 e. The van der Waals surface area contributed by atoms with Crippen LogP contribution in [0, 0.1) is 13.8 Å². The lowest BCUT2D eigenvalue weighted by Gasteiger charge is -2.11. The van der Waals surface area contributed by atoms with Crippen LogP contribution in [0.25, 0.3) is 0 Å². The quantitative estimate of drug-likeness (QED) is 0.773. The Balaban J connectivity index is 2.19. The predicted octanol–water partition coefficient (Wildman–Crippen LogP) is 1.84. The lowest BCUT2D eigenvalue weighted by Crippen LogP contribution is -2.08. The Morgan fingerprint density at radius 2 is 1.61 bits per heavy atom. The van der Waals surface area contributed by atoms with Crippen molar-refractivity contribution >= 4 is 11.9 Å². The topological polar surface area (TPSA) is 46.3 Å². The van der Waals surface area contributed by atoms with Gasteiger partial charge < -0.3 is 4.90 Å². The second-order valence-corrected chi connectivity index (χ2v) is 4.34. The van der Waals surface area contributed by atoms with Crippen molar-refractivity contribution in [3.8, 4) is 0 Å². The standard InChI is InChI=1S/C13H17N5/c1-10-15-16-11(2)18(10)14-9-12-5-7-13(8-6-12)17(3)4/h5-9H,1-4H3. The molecular formula is C13H17N5. The highest BCUT2D eigenvalue weighted by Gasteiger charge is 2.01. The van der Waals surface area contributed by atoms with E-state index in [1.54, 1.807) is 4.68 Å². The molecule has 0 saturated carbocycles. The summed E-state index contributed by atoms with van der Waals surface area (Å²) in [5, 5.41) is 12.3. The summed E-state index contributed by atoms with van der Waals surface area (Å²) in [6.07, 6.45) is 1.81. The summed E-state index contributed by atoms with van der Waals surface area (Å²) >= 11 is 0. The van der Waals surface area contributed by atoms with Gasteiger partial charge in [-0.05, 0) is 31.5 Å². The number of aromatic nitrogens is 3. The molecular weight excluding hydrogens is 226 g/mol. The van der Waals surface area contributed by atoms with Crippen LogP contribution in [0.4, 0.5) is 5.69 Å². The van der Waals surface area contributed by atoms with Gasteiger partial charge in [0.1, 0.15) is 0 Å². The number of rotatable bonds is 3. The molecule has 94 valence electrons. The van der Waals surface area contributed by atoms with E-state index in [4.69, 9.17) is 0 Å². The normalized spacial score (nSPS) is 11.1. The van der Waals surface area contributed by atoms with E-state index < -0.39 is 0 Å². The Bertz CT molecular complexity index is 532. The SMILES string of the molecule is Cc1nnc(C)n1N=Cc1ccc(N(C)C)cc1. The van der Waals surface area contributed by atoms with Crippen molar-refractivity contribution in [2.45, 2.75) is 13.8 Å². The van der Waals surface area contributed by atoms with E-state index in [9.17, 15) is 0 Å². The van der Waals surface area contributed by atoms with Gasteiger partial charge in [-0.25, -0.2) is 4.68 Å². The Hall–Kier alpha value is -2.17. The van der Waals surface area contributed by atoms with Gasteiger partial charge >= 0.3 is 0 Å². The van der Waals surface area contributed by atoms with Gasteiger partial charge in [0.15, 0.2) is 11.6 Å². The molecule has 0 radical (unpaired) electrons. The molecule has 0 aliphatic rings. The van der Waals surface area contributed by atoms with Crippen LogP contribution < -0.4 is 4.90 Å². The van der Waals surface area contributed by atoms with Gasteiger partial charge in [0, 0.05) is 19.8 Å². The van der Waals surface area contributed by atoms with Crippen LogP contribution >= 0.6 is 0 Å². The molecule has 1 aromatic carbocycles. The van der Waals surface area contributed by atoms with Gasteiger partial charge in [-0.3, -0.25) is 0 Å². The van der Waals surface area contributed by atoms with Crippen LogP contribution in [0.5, 0.6) is 0 Å². The van der Waals surface area contributed by atoms with Crippen molar-refractivity contribution in [1.82, 2.24) is 14.9 Å². The molecule has 0 atom stereocenters. The van der Waals surface area contributed by atoms with Crippen molar-refractivity contribution in [2.24, 2.45) is 5.10 Å². The third-order valence-corrected chi connectivity index (χ3v) is 2.68. The largest absolute Gasteiger partial charge is 0.378 e. The Morgan fingerprint density at radius 1 is 1.06 bits per heavy atom. The molecule has 1 aromatic heterocycles. The summed E-state index contributed by atoms with van der Waals surface area (Å²) in [5.41, 5.74) is 2.22. The molecule has 0 saturated heterocycles. The number of aryl methyl sites for hydroxylation is 2. The highest BCUT2D eigenvalue weighted by Crippen LogP contribution is 2.11. The molecule has 0 aliphatic heterocycles. The fraction of sp³-hybridized carbons (Fsp3) is 0.308. The molecule has 2 aromatic rings. The summed E-state index contributed by atoms with van der Waals surface area (Å²) in [5.74, 6) is 1.57. The molecule has 0 aliphatic carbocycles. The van der Waals surface area contributed by atoms with Crippen molar-refractivity contribution in [1.29, 1.82) is 0 Å². The maximum atomic E-state index is 4.36. The van der Waals surface area contributed by atoms with Gasteiger partial charge in [0.2, 0.25) is 0 Å². The third kappa shape index (κ3) is 2.56. The van der Waals surface area contributed by atoms with Gasteiger partial charge in [-0.1, -0.05) is 12.1 Å². The zero-order valence-corrected chi connectivity index (χ0v) is 11.1. The first-order chi connectivity index (χ1) is 8.58. The maximum absolute atomic E-state index is 4.36. The molecule has 18 heavy (non-hydrogen) atoms. The van der Waals surface area contributed by atoms with Crippen LogP contribution in [-0.4, -0.2) is 35.2 Å². The van der Waals surface area contributed by atoms with Crippen LogP contribution in [0.1, 0.15) is 17.2 Å². The van der Waals surface area contributed by atoms with Crippen molar-refractivity contribution in [3.63, 3.8) is 0 Å². The average Bonchev–Trinajstić information content (AvgIpc) is 2.67. The van der Waals surface area contributed by atoms with Crippen LogP contribution in [0.3, 0.4) is 0 Å². The Kier molecular flexibility index (Phi) is 3.41. The van der Waals surface area contributed by atoms with E-state index in [1.807, 2.05) is 46.3 Å². The van der Waals surface area contributed by atoms with Gasteiger partial charge in [-0.15, -0.1) is 10.2 Å². The average molecular weight is 243 g/mol. The smallest absolute Gasteiger partial charge is 0.151 e. The lowest BCUT2D eigenvalue weighted by molar-refractivity contribution is 0.799. The zero-order valence-electron chi connectivity index (χ0n) is 11.1. The number of anilines is 1. The summed E-state index contributed by atoms with van der Waals surface area (Å²) in [7, 11) is 4.04. The van der Waals surface area contributed by atoms with Crippen molar-refractivity contribution in [3.05, 3.63) is 41.5 Å². The molecule has 5 nitrogen and oxygen atoms in total. The number of hydrogen-bond donors (Lipinski definition) is 0. The minimum absolute atomic E-state index is 0.786. The molecule has 0 unspecified atom stereocenters. The van der Waals surface area contributed by atoms with Gasteiger partial charge in [0.25, 0.3) is 0 Å². The number of benzene rings is 1. The Labute approximate surface area is 107 Å². The molecule has 0 N–H and O–H groups in total. The van der Waals surface area contributed by atoms with E-state index in [1.165, 1.54) is 5.69 Å². The molecule has 0 spiro atoms. The summed E-state index contributed by atoms with van der Waals surface area (Å²) in [6.45, 7) is 3.76. The first-order valence-corrected chi connectivity index (χ1v) is 5.78. The van der Waals surface area contributed by atoms with Crippen LogP contribution in [-0.2, 0) is 0 Å². The van der Waals surface area contributed by atoms with E-state index in [0.717, 1.165) is 17.2 Å². The summed E-state index contributed by atoms with van der Waals surface area (Å²) < 4.78 is 1.72. The number of hydrogen-bond acceptors (Lipinski definition) is 4. The monoisotopic (exact) mass is 243 g/mol. The molecule has 0 fully saturated rings. The zero-order chi connectivity index (χ0) is 13.1. The third-order valence-electron chi connectivity index (χ3n) is 2.68. The highest BCUT2D eigenvalue weighted by atomic mass is 15.4. The summed E-state index contributed by atoms with van der Waals surface area (Å²) in [4.78, 5) is 2.06. The van der Waals surface area contributed by atoms with E-state index >= 15 is 0 Å². The molecule has 1 heterocycles. The molecule has 5 heteroatoms. The number of nitrogens with zero attached hydrogens (tertiary/aromatic N) is 5. The van der Waals surface area contributed by atoms with E-state index in [-0.39, 0.29) is 0 Å². The summed E-state index contributed by atoms with van der Waals surface area (Å²) in [6, 6.07) is 8.20. The van der Waals surface area contributed by atoms with Crippen molar-refractivity contribution in [2.75, 3.05) is 19.0 Å². The highest BCUT2D eigenvalue weighted by molar-refractivity contribution is 5.80. The van der Waals surface area contributed by atoms with E-state index in [0.29, 0.717) is 0 Å². The fourth-order valence-electron chi connectivity index (χ4n) is 1.61. The minimum atomic E-state index is 0.786. The van der Waals surface area contributed by atoms with Gasteiger partial charge in [0.05, 0.1) is 6.21 Å². The Morgan fingerprint density at radius 3 is 2.11 bits per heavy atom. The molecule has 0 bridgehead atoms. The first kappa shape index (κ1) is 12.3. The van der Waals surface area contributed by atoms with E-state index in [2.05, 4.69) is 32.3 Å². The fourth-order valence-corrected chi connectivity index (χ4v) is 1.61. The second kappa shape index (κ2) is 5.00. The van der Waals surface area contributed by atoms with Gasteiger partial charge in [-0.2, -0.15) is 5.10 Å². The lowest BCUT2D eigenvalue weighted by atomic mass is 10.2. The van der Waals surface area contributed by atoms with Crippen LogP contribution in [0.15, 0.2) is 29.4 Å². The first-order valence-electron chi connectivity index (χ1n) is 5.78.